The summed E-state index contributed by atoms with van der Waals surface area (Å²) in [5, 5.41) is 13.5. The molecule has 0 aliphatic carbocycles. The van der Waals surface area contributed by atoms with Crippen LogP contribution in [0.2, 0.25) is 0 Å². The number of hydrogen-bond acceptors (Lipinski definition) is 4. The lowest BCUT2D eigenvalue weighted by Crippen LogP contribution is -2.13. The Bertz CT molecular complexity index is 600. The van der Waals surface area contributed by atoms with Gasteiger partial charge >= 0.3 is 0 Å². The van der Waals surface area contributed by atoms with E-state index in [1.165, 1.54) is 22.0 Å². The van der Waals surface area contributed by atoms with Gasteiger partial charge in [0.2, 0.25) is 0 Å². The molecule has 2 heterocycles. The van der Waals surface area contributed by atoms with E-state index in [2.05, 4.69) is 50.1 Å². The summed E-state index contributed by atoms with van der Waals surface area (Å²) in [4.78, 5) is 4.07. The molecule has 86 valence electrons. The first kappa shape index (κ1) is 10.4. The molecule has 0 radical (unpaired) electrons. The van der Waals surface area contributed by atoms with Gasteiger partial charge in [0.1, 0.15) is 12.2 Å². The summed E-state index contributed by atoms with van der Waals surface area (Å²) in [7, 11) is 0. The quantitative estimate of drug-likeness (QED) is 0.740. The first-order valence-electron chi connectivity index (χ1n) is 5.43. The molecule has 2 N–H and O–H groups in total. The number of rotatable bonds is 4. The number of thiophene rings is 1. The van der Waals surface area contributed by atoms with Crippen molar-refractivity contribution in [2.24, 2.45) is 0 Å². The third-order valence-electron chi connectivity index (χ3n) is 2.63. The predicted molar refractivity (Wildman–Crippen MR) is 68.8 cm³/mol. The smallest absolute Gasteiger partial charge is 0.138 e. The number of nitrogens with zero attached hydrogens (tertiary/aromatic N) is 2. The van der Waals surface area contributed by atoms with E-state index in [1.54, 1.807) is 11.3 Å². The Hall–Kier alpha value is -1.72. The second kappa shape index (κ2) is 4.65. The molecule has 0 amide bonds. The van der Waals surface area contributed by atoms with Gasteiger partial charge in [0.05, 0.1) is 6.54 Å². The van der Waals surface area contributed by atoms with Crippen LogP contribution in [0.15, 0.2) is 36.0 Å². The van der Waals surface area contributed by atoms with Gasteiger partial charge in [0, 0.05) is 11.2 Å². The molecule has 0 bridgehead atoms. The van der Waals surface area contributed by atoms with E-state index in [0.717, 1.165) is 12.4 Å². The number of aromatic amines is 1. The van der Waals surface area contributed by atoms with Crippen LogP contribution in [0.25, 0.3) is 10.1 Å². The second-order valence-electron chi connectivity index (χ2n) is 3.79. The highest BCUT2D eigenvalue weighted by atomic mass is 32.1. The number of benzene rings is 1. The molecule has 0 aliphatic heterocycles. The van der Waals surface area contributed by atoms with E-state index in [4.69, 9.17) is 0 Å². The lowest BCUT2D eigenvalue weighted by molar-refractivity contribution is 0.668. The molecule has 3 aromatic rings. The van der Waals surface area contributed by atoms with E-state index >= 15 is 0 Å². The molecule has 17 heavy (non-hydrogen) atoms. The van der Waals surface area contributed by atoms with Crippen LogP contribution < -0.4 is 5.32 Å². The van der Waals surface area contributed by atoms with Crippen LogP contribution >= 0.6 is 11.3 Å². The van der Waals surface area contributed by atoms with E-state index in [1.807, 2.05) is 0 Å². The zero-order valence-corrected chi connectivity index (χ0v) is 10.00. The van der Waals surface area contributed by atoms with Gasteiger partial charge in [-0.3, -0.25) is 5.10 Å². The molecule has 0 fully saturated rings. The van der Waals surface area contributed by atoms with Gasteiger partial charge < -0.3 is 5.32 Å². The number of aromatic nitrogens is 3. The second-order valence-corrected chi connectivity index (χ2v) is 4.70. The summed E-state index contributed by atoms with van der Waals surface area (Å²) < 4.78 is 1.34. The van der Waals surface area contributed by atoms with Crippen LogP contribution in [0.5, 0.6) is 0 Å². The van der Waals surface area contributed by atoms with Crippen LogP contribution in [-0.2, 0) is 13.1 Å². The maximum absolute atomic E-state index is 4.07. The maximum atomic E-state index is 4.07. The Morgan fingerprint density at radius 2 is 2.18 bits per heavy atom. The first-order chi connectivity index (χ1) is 8.43. The highest BCUT2D eigenvalue weighted by Gasteiger charge is 2.03. The van der Waals surface area contributed by atoms with Crippen molar-refractivity contribution in [3.63, 3.8) is 0 Å². The molecule has 0 unspecified atom stereocenters. The molecule has 0 spiro atoms. The lowest BCUT2D eigenvalue weighted by Gasteiger charge is -2.01. The Morgan fingerprint density at radius 3 is 3.06 bits per heavy atom. The van der Waals surface area contributed by atoms with Gasteiger partial charge in [0.25, 0.3) is 0 Å². The van der Waals surface area contributed by atoms with Crippen LogP contribution in [-0.4, -0.2) is 15.2 Å². The third-order valence-corrected chi connectivity index (χ3v) is 3.65. The number of H-pyrrole nitrogens is 1. The summed E-state index contributed by atoms with van der Waals surface area (Å²) in [6.45, 7) is 1.56. The van der Waals surface area contributed by atoms with Gasteiger partial charge in [-0.2, -0.15) is 5.10 Å². The largest absolute Gasteiger partial charge is 0.306 e. The number of nitrogens with one attached hydrogen (secondary N) is 2. The molecular formula is C12H12N4S. The normalized spacial score (nSPS) is 11.1. The predicted octanol–water partition coefficient (Wildman–Crippen LogP) is 2.31. The van der Waals surface area contributed by atoms with Gasteiger partial charge in [-0.15, -0.1) is 11.3 Å². The summed E-state index contributed by atoms with van der Waals surface area (Å²) in [5.41, 5.74) is 1.34. The minimum Gasteiger partial charge on any atom is -0.306 e. The van der Waals surface area contributed by atoms with Gasteiger partial charge in [-0.05, 0) is 22.4 Å². The molecule has 0 saturated carbocycles. The highest BCUT2D eigenvalue weighted by molar-refractivity contribution is 7.17. The number of hydrogen-bond donors (Lipinski definition) is 2. The summed E-state index contributed by atoms with van der Waals surface area (Å²) >= 11 is 1.79. The van der Waals surface area contributed by atoms with E-state index in [0.29, 0.717) is 6.54 Å². The Balaban J connectivity index is 1.69. The van der Waals surface area contributed by atoms with Crippen molar-refractivity contribution in [3.05, 3.63) is 47.4 Å². The molecule has 0 aliphatic rings. The van der Waals surface area contributed by atoms with Crippen LogP contribution in [0, 0.1) is 0 Å². The molecule has 4 nitrogen and oxygen atoms in total. The van der Waals surface area contributed by atoms with Crippen molar-refractivity contribution in [2.75, 3.05) is 0 Å². The summed E-state index contributed by atoms with van der Waals surface area (Å²) in [6.07, 6.45) is 1.52. The molecule has 2 aromatic heterocycles. The monoisotopic (exact) mass is 244 g/mol. The van der Waals surface area contributed by atoms with Crippen molar-refractivity contribution >= 4 is 21.4 Å². The standard InChI is InChI=1S/C12H12N4S/c1-2-4-11-10(3-1)9(7-17-11)5-13-6-12-14-8-15-16-12/h1-4,7-8,13H,5-6H2,(H,14,15,16). The third kappa shape index (κ3) is 2.20. The van der Waals surface area contributed by atoms with Gasteiger partial charge in [-0.25, -0.2) is 4.98 Å². The average Bonchev–Trinajstić information content (AvgIpc) is 2.99. The first-order valence-corrected chi connectivity index (χ1v) is 6.31. The molecule has 0 saturated heterocycles. The Morgan fingerprint density at radius 1 is 1.24 bits per heavy atom. The average molecular weight is 244 g/mol. The molecule has 3 rings (SSSR count). The molecule has 5 heteroatoms. The van der Waals surface area contributed by atoms with Crippen molar-refractivity contribution in [2.45, 2.75) is 13.1 Å². The lowest BCUT2D eigenvalue weighted by atomic mass is 10.2. The minimum absolute atomic E-state index is 0.712. The fourth-order valence-corrected chi connectivity index (χ4v) is 2.76. The summed E-state index contributed by atoms with van der Waals surface area (Å²) in [6, 6.07) is 8.47. The van der Waals surface area contributed by atoms with Crippen molar-refractivity contribution in [1.82, 2.24) is 20.5 Å². The minimum atomic E-state index is 0.712. The molecule has 0 atom stereocenters. The van der Waals surface area contributed by atoms with Crippen molar-refractivity contribution in [3.8, 4) is 0 Å². The van der Waals surface area contributed by atoms with Crippen LogP contribution in [0.3, 0.4) is 0 Å². The molecule has 1 aromatic carbocycles. The topological polar surface area (TPSA) is 53.6 Å². The maximum Gasteiger partial charge on any atom is 0.138 e. The van der Waals surface area contributed by atoms with Crippen molar-refractivity contribution in [1.29, 1.82) is 0 Å². The summed E-state index contributed by atoms with van der Waals surface area (Å²) in [5.74, 6) is 0.865. The SMILES string of the molecule is c1ccc2c(CNCc3ncn[nH]3)csc2c1. The van der Waals surface area contributed by atoms with E-state index in [-0.39, 0.29) is 0 Å². The van der Waals surface area contributed by atoms with E-state index < -0.39 is 0 Å². The zero-order chi connectivity index (χ0) is 11.5. The van der Waals surface area contributed by atoms with Crippen molar-refractivity contribution < 1.29 is 0 Å². The fraction of sp³-hybridized carbons (Fsp3) is 0.167. The van der Waals surface area contributed by atoms with Crippen LogP contribution in [0.1, 0.15) is 11.4 Å². The van der Waals surface area contributed by atoms with E-state index in [9.17, 15) is 0 Å². The Labute approximate surface area is 103 Å². The molecular weight excluding hydrogens is 232 g/mol. The number of fused-ring (bicyclic) bond motifs is 1. The highest BCUT2D eigenvalue weighted by Crippen LogP contribution is 2.25. The fourth-order valence-electron chi connectivity index (χ4n) is 1.80. The zero-order valence-electron chi connectivity index (χ0n) is 9.18. The Kier molecular flexibility index (Phi) is 2.85. The van der Waals surface area contributed by atoms with Gasteiger partial charge in [0.15, 0.2) is 0 Å². The van der Waals surface area contributed by atoms with Gasteiger partial charge in [-0.1, -0.05) is 18.2 Å². The van der Waals surface area contributed by atoms with Crippen LogP contribution in [0.4, 0.5) is 0 Å².